The van der Waals surface area contributed by atoms with Gasteiger partial charge in [0.05, 0.1) is 11.3 Å². The summed E-state index contributed by atoms with van der Waals surface area (Å²) in [7, 11) is 0. The lowest BCUT2D eigenvalue weighted by Gasteiger charge is -2.35. The first kappa shape index (κ1) is 50.1. The summed E-state index contributed by atoms with van der Waals surface area (Å²) in [5, 5.41) is 37.9. The van der Waals surface area contributed by atoms with Crippen molar-refractivity contribution in [1.29, 1.82) is 10.5 Å². The van der Waals surface area contributed by atoms with E-state index < -0.39 is 47.0 Å². The SMILES string of the molecule is CC(C)(C)OC(=O)N(C(=O)OC(C)(C)C)[C@@H](CCCCN)C(=O)N[C@](C)(Oc1ccc(-c2c(C#N)c(SCc3csc(-c4ccc(Cl)cc4)n3)nc(N3CCCC3)c2C#N)cc1)C(=O)O. The predicted molar refractivity (Wildman–Crippen MR) is 248 cm³/mol. The third-order valence-corrected chi connectivity index (χ3v) is 11.9. The molecule has 1 fully saturated rings. The molecule has 344 valence electrons. The number of pyridine rings is 1. The van der Waals surface area contributed by atoms with Crippen LogP contribution in [0.25, 0.3) is 21.7 Å². The largest absolute Gasteiger partial charge is 0.477 e. The van der Waals surface area contributed by atoms with Gasteiger partial charge in [0, 0.05) is 47.3 Å². The predicted octanol–water partition coefficient (Wildman–Crippen LogP) is 9.13. The highest BCUT2D eigenvalue weighted by molar-refractivity contribution is 7.98. The Morgan fingerprint density at radius 1 is 0.908 bits per heavy atom. The van der Waals surface area contributed by atoms with Crippen molar-refractivity contribution in [1.82, 2.24) is 20.2 Å². The lowest BCUT2D eigenvalue weighted by atomic mass is 9.96. The normalized spacial score (nSPS) is 14.0. The molecule has 4 aromatic rings. The third kappa shape index (κ3) is 13.1. The van der Waals surface area contributed by atoms with Crippen molar-refractivity contribution in [2.45, 2.75) is 114 Å². The van der Waals surface area contributed by atoms with E-state index in [-0.39, 0.29) is 36.3 Å². The van der Waals surface area contributed by atoms with E-state index in [4.69, 9.17) is 41.5 Å². The number of anilines is 1. The molecule has 0 aliphatic carbocycles. The van der Waals surface area contributed by atoms with E-state index in [1.165, 1.54) is 35.2 Å². The van der Waals surface area contributed by atoms with Crippen LogP contribution in [-0.4, -0.2) is 86.6 Å². The number of hydrogen-bond donors (Lipinski definition) is 3. The summed E-state index contributed by atoms with van der Waals surface area (Å²) in [6.07, 6.45) is 0.0933. The number of benzene rings is 2. The molecule has 1 saturated heterocycles. The Morgan fingerprint density at radius 2 is 1.49 bits per heavy atom. The van der Waals surface area contributed by atoms with E-state index in [9.17, 15) is 34.8 Å². The fourth-order valence-corrected chi connectivity index (χ4v) is 8.66. The quantitative estimate of drug-likeness (QED) is 0.0540. The summed E-state index contributed by atoms with van der Waals surface area (Å²) in [6.45, 7) is 12.3. The van der Waals surface area contributed by atoms with Crippen LogP contribution in [0.5, 0.6) is 5.75 Å². The number of nitriles is 2. The van der Waals surface area contributed by atoms with Gasteiger partial charge in [-0.15, -0.1) is 11.3 Å². The molecule has 0 spiro atoms. The average molecular weight is 946 g/mol. The number of aromatic nitrogens is 2. The number of carbonyl (C=O) groups excluding carboxylic acids is 3. The minimum Gasteiger partial charge on any atom is -0.477 e. The number of nitrogens with zero attached hydrogens (tertiary/aromatic N) is 6. The van der Waals surface area contributed by atoms with Crippen LogP contribution in [0.2, 0.25) is 5.02 Å². The van der Waals surface area contributed by atoms with Crippen LogP contribution >= 0.6 is 34.7 Å². The van der Waals surface area contributed by atoms with Gasteiger partial charge in [-0.3, -0.25) is 4.79 Å². The Hall–Kier alpha value is -5.92. The number of carbonyl (C=O) groups is 4. The maximum atomic E-state index is 14.2. The summed E-state index contributed by atoms with van der Waals surface area (Å²) in [5.41, 5.74) is 4.04. The van der Waals surface area contributed by atoms with Crippen LogP contribution in [0.1, 0.15) is 97.4 Å². The molecule has 16 nitrogen and oxygen atoms in total. The first-order valence-electron chi connectivity index (χ1n) is 20.9. The fraction of sp³-hybridized carbons (Fsp3) is 0.435. The van der Waals surface area contributed by atoms with Gasteiger partial charge in [-0.2, -0.15) is 15.4 Å². The standard InChI is InChI=1S/C46H53ClN8O8S2/c1-44(2,3)62-42(59)55(43(60)63-45(4,5)6)35(12-8-9-21-48)38(56)53-46(7,41(57)58)61-32-19-15-28(16-20-32)36-33(24-49)37(54-22-10-11-23-54)52-40(34(36)25-50)65-27-31-26-64-39(51-31)29-13-17-30(47)18-14-29/h13-20,26,35H,8-12,21-23,27,48H2,1-7H3,(H,53,56)(H,57,58)/t35-,46+/m0/s1. The maximum Gasteiger partial charge on any atom is 0.420 e. The van der Waals surface area contributed by atoms with Gasteiger partial charge >= 0.3 is 18.2 Å². The van der Waals surface area contributed by atoms with E-state index in [1.54, 1.807) is 65.8 Å². The van der Waals surface area contributed by atoms with Crippen molar-refractivity contribution in [3.8, 4) is 39.6 Å². The number of rotatable bonds is 16. The van der Waals surface area contributed by atoms with Crippen molar-refractivity contribution in [2.75, 3.05) is 24.5 Å². The smallest absolute Gasteiger partial charge is 0.420 e. The van der Waals surface area contributed by atoms with Crippen molar-refractivity contribution in [3.05, 3.63) is 75.8 Å². The van der Waals surface area contributed by atoms with Crippen LogP contribution in [0, 0.1) is 22.7 Å². The number of nitrogens with one attached hydrogen (secondary N) is 1. The molecule has 0 radical (unpaired) electrons. The van der Waals surface area contributed by atoms with Gasteiger partial charge in [0.2, 0.25) is 5.91 Å². The number of imide groups is 1. The summed E-state index contributed by atoms with van der Waals surface area (Å²) in [6, 6.07) is 16.5. The first-order valence-corrected chi connectivity index (χ1v) is 23.2. The van der Waals surface area contributed by atoms with E-state index in [0.717, 1.165) is 36.0 Å². The lowest BCUT2D eigenvalue weighted by Crippen LogP contribution is -2.62. The Balaban J connectivity index is 1.47. The zero-order valence-electron chi connectivity index (χ0n) is 37.4. The molecule has 19 heteroatoms. The topological polar surface area (TPSA) is 234 Å². The number of halogens is 1. The molecular formula is C46H53ClN8O8S2. The first-order chi connectivity index (χ1) is 30.7. The number of carboxylic acid groups (broad SMARTS) is 1. The van der Waals surface area contributed by atoms with Gasteiger partial charge < -0.3 is 35.3 Å². The number of carboxylic acids is 1. The van der Waals surface area contributed by atoms with Crippen LogP contribution in [-0.2, 0) is 24.8 Å². The molecule has 4 N–H and O–H groups in total. The number of ether oxygens (including phenoxy) is 3. The van der Waals surface area contributed by atoms with Gasteiger partial charge in [0.15, 0.2) is 0 Å². The third-order valence-electron chi connectivity index (χ3n) is 9.74. The second kappa shape index (κ2) is 21.4. The van der Waals surface area contributed by atoms with Gasteiger partial charge in [0.1, 0.15) is 56.5 Å². The van der Waals surface area contributed by atoms with Crippen LogP contribution < -0.4 is 20.7 Å². The zero-order chi connectivity index (χ0) is 47.7. The summed E-state index contributed by atoms with van der Waals surface area (Å²) in [5.74, 6) is -1.79. The summed E-state index contributed by atoms with van der Waals surface area (Å²) >= 11 is 8.90. The van der Waals surface area contributed by atoms with Crippen LogP contribution in [0.15, 0.2) is 58.9 Å². The van der Waals surface area contributed by atoms with Gasteiger partial charge in [-0.1, -0.05) is 47.6 Å². The van der Waals surface area contributed by atoms with E-state index >= 15 is 0 Å². The molecule has 65 heavy (non-hydrogen) atoms. The zero-order valence-corrected chi connectivity index (χ0v) is 39.8. The van der Waals surface area contributed by atoms with Gasteiger partial charge in [-0.05, 0) is 110 Å². The Morgan fingerprint density at radius 3 is 2.03 bits per heavy atom. The number of thioether (sulfide) groups is 1. The number of unbranched alkanes of at least 4 members (excludes halogenated alkanes) is 1. The molecule has 3 amide bonds. The Labute approximate surface area is 392 Å². The Kier molecular flexibility index (Phi) is 16.5. The number of aliphatic carboxylic acids is 1. The summed E-state index contributed by atoms with van der Waals surface area (Å²) in [4.78, 5) is 66.5. The fourth-order valence-electron chi connectivity index (χ4n) is 6.73. The van der Waals surface area contributed by atoms with Crippen molar-refractivity contribution >= 4 is 64.6 Å². The minimum absolute atomic E-state index is 0.00441. The van der Waals surface area contributed by atoms with Gasteiger partial charge in [-0.25, -0.2) is 24.4 Å². The minimum atomic E-state index is -2.44. The van der Waals surface area contributed by atoms with Crippen molar-refractivity contribution < 1.29 is 38.5 Å². The van der Waals surface area contributed by atoms with E-state index in [2.05, 4.69) is 17.5 Å². The summed E-state index contributed by atoms with van der Waals surface area (Å²) < 4.78 is 17.0. The second-order valence-electron chi connectivity index (χ2n) is 17.3. The molecule has 0 saturated carbocycles. The molecule has 0 bridgehead atoms. The number of nitrogens with two attached hydrogens (primary N) is 1. The van der Waals surface area contributed by atoms with E-state index in [1.807, 2.05) is 22.4 Å². The molecular weight excluding hydrogens is 892 g/mol. The maximum absolute atomic E-state index is 14.2. The molecule has 1 aliphatic heterocycles. The molecule has 2 atom stereocenters. The molecule has 1 aliphatic rings. The van der Waals surface area contributed by atoms with Crippen molar-refractivity contribution in [2.24, 2.45) is 5.73 Å². The molecule has 5 rings (SSSR count). The highest BCUT2D eigenvalue weighted by atomic mass is 35.5. The van der Waals surface area contributed by atoms with Crippen LogP contribution in [0.4, 0.5) is 15.4 Å². The molecule has 0 unspecified atom stereocenters. The number of amides is 3. The Bertz CT molecular complexity index is 2420. The average Bonchev–Trinajstić information content (AvgIpc) is 3.95. The number of hydrogen-bond acceptors (Lipinski definition) is 15. The number of thiazole rings is 1. The van der Waals surface area contributed by atoms with Crippen LogP contribution in [0.3, 0.4) is 0 Å². The highest BCUT2D eigenvalue weighted by Crippen LogP contribution is 2.40. The molecule has 2 aromatic heterocycles. The second-order valence-corrected chi connectivity index (χ2v) is 19.6. The van der Waals surface area contributed by atoms with Gasteiger partial charge in [0.25, 0.3) is 5.72 Å². The lowest BCUT2D eigenvalue weighted by molar-refractivity contribution is -0.160. The molecule has 3 heterocycles. The highest BCUT2D eigenvalue weighted by Gasteiger charge is 2.45. The van der Waals surface area contributed by atoms with E-state index in [0.29, 0.717) is 57.2 Å². The van der Waals surface area contributed by atoms with Crippen molar-refractivity contribution in [3.63, 3.8) is 0 Å². The monoisotopic (exact) mass is 944 g/mol. The molecule has 2 aromatic carbocycles.